The number of rotatable bonds is 8. The van der Waals surface area contributed by atoms with Crippen molar-refractivity contribution in [1.82, 2.24) is 9.88 Å². The zero-order valence-electron chi connectivity index (χ0n) is 20.6. The standard InChI is InChI=1S/C27H22BrN3O7S/c1-35-22-11-16(10-19(28)25(22)38-15-18-4-2-3-7-29-18)12-23-26(33)31(27(34)39-23)14-24(32)30-17-5-6-20-21(13-17)37-9-8-36-20/h2-7,10-13H,8-9,14-15H2,1H3,(H,30,32)/b23-12+. The molecule has 3 heterocycles. The smallest absolute Gasteiger partial charge is 0.294 e. The Morgan fingerprint density at radius 2 is 1.97 bits per heavy atom. The second-order valence-electron chi connectivity index (χ2n) is 8.32. The van der Waals surface area contributed by atoms with Crippen LogP contribution in [-0.4, -0.2) is 53.8 Å². The van der Waals surface area contributed by atoms with Crippen LogP contribution in [0.4, 0.5) is 10.5 Å². The van der Waals surface area contributed by atoms with Gasteiger partial charge in [-0.25, -0.2) is 0 Å². The normalized spacial score (nSPS) is 15.4. The van der Waals surface area contributed by atoms with E-state index in [2.05, 4.69) is 26.2 Å². The minimum Gasteiger partial charge on any atom is -0.493 e. The highest BCUT2D eigenvalue weighted by atomic mass is 79.9. The monoisotopic (exact) mass is 611 g/mol. The minimum absolute atomic E-state index is 0.184. The summed E-state index contributed by atoms with van der Waals surface area (Å²) in [5, 5.41) is 2.15. The molecule has 3 amide bonds. The summed E-state index contributed by atoms with van der Waals surface area (Å²) in [6.45, 7) is 0.683. The van der Waals surface area contributed by atoms with Crippen LogP contribution in [0.2, 0.25) is 0 Å². The van der Waals surface area contributed by atoms with E-state index in [1.54, 1.807) is 42.6 Å². The lowest BCUT2D eigenvalue weighted by Crippen LogP contribution is -2.36. The zero-order valence-corrected chi connectivity index (χ0v) is 23.0. The average molecular weight is 612 g/mol. The van der Waals surface area contributed by atoms with Gasteiger partial charge in [0.15, 0.2) is 23.0 Å². The predicted molar refractivity (Wildman–Crippen MR) is 148 cm³/mol. The number of hydrogen-bond donors (Lipinski definition) is 1. The van der Waals surface area contributed by atoms with Crippen molar-refractivity contribution in [1.29, 1.82) is 0 Å². The summed E-state index contributed by atoms with van der Waals surface area (Å²) in [6, 6.07) is 14.0. The predicted octanol–water partition coefficient (Wildman–Crippen LogP) is 4.88. The highest BCUT2D eigenvalue weighted by Crippen LogP contribution is 2.39. The van der Waals surface area contributed by atoms with Crippen molar-refractivity contribution in [3.05, 3.63) is 75.4 Å². The molecule has 0 radical (unpaired) electrons. The van der Waals surface area contributed by atoms with Gasteiger partial charge >= 0.3 is 0 Å². The van der Waals surface area contributed by atoms with Crippen molar-refractivity contribution in [2.24, 2.45) is 0 Å². The van der Waals surface area contributed by atoms with Gasteiger partial charge in [-0.3, -0.25) is 24.3 Å². The third-order valence-corrected chi connectivity index (χ3v) is 7.14. The van der Waals surface area contributed by atoms with E-state index >= 15 is 0 Å². The number of pyridine rings is 1. The summed E-state index contributed by atoms with van der Waals surface area (Å²) >= 11 is 4.26. The average Bonchev–Trinajstić information content (AvgIpc) is 3.19. The van der Waals surface area contributed by atoms with Crippen LogP contribution < -0.4 is 24.3 Å². The van der Waals surface area contributed by atoms with Gasteiger partial charge in [0.1, 0.15) is 26.4 Å². The number of methoxy groups -OCH3 is 1. The van der Waals surface area contributed by atoms with Crippen molar-refractivity contribution < 1.29 is 33.3 Å². The Hall–Kier alpha value is -4.03. The van der Waals surface area contributed by atoms with Crippen LogP contribution in [0.25, 0.3) is 6.08 Å². The van der Waals surface area contributed by atoms with E-state index in [1.165, 1.54) is 7.11 Å². The molecule has 0 aliphatic carbocycles. The summed E-state index contributed by atoms with van der Waals surface area (Å²) in [5.41, 5.74) is 1.83. The molecule has 3 aromatic rings. The fourth-order valence-corrected chi connectivity index (χ4v) is 5.26. The molecule has 2 aliphatic rings. The molecule has 39 heavy (non-hydrogen) atoms. The summed E-state index contributed by atoms with van der Waals surface area (Å²) in [7, 11) is 1.51. The fraction of sp³-hybridized carbons (Fsp3) is 0.185. The van der Waals surface area contributed by atoms with E-state index in [0.29, 0.717) is 51.9 Å². The number of amides is 3. The molecule has 0 bridgehead atoms. The lowest BCUT2D eigenvalue weighted by atomic mass is 10.2. The Bertz CT molecular complexity index is 1470. The number of hydrogen-bond acceptors (Lipinski definition) is 9. The van der Waals surface area contributed by atoms with Crippen molar-refractivity contribution in [2.45, 2.75) is 6.61 Å². The Morgan fingerprint density at radius 3 is 2.74 bits per heavy atom. The number of ether oxygens (including phenoxy) is 4. The number of anilines is 1. The van der Waals surface area contributed by atoms with Gasteiger partial charge in [0.05, 0.1) is 22.2 Å². The van der Waals surface area contributed by atoms with Crippen LogP contribution in [0.3, 0.4) is 0 Å². The van der Waals surface area contributed by atoms with Crippen molar-refractivity contribution in [3.8, 4) is 23.0 Å². The van der Waals surface area contributed by atoms with Gasteiger partial charge in [-0.2, -0.15) is 0 Å². The second kappa shape index (κ2) is 11.8. The van der Waals surface area contributed by atoms with Gasteiger partial charge in [0, 0.05) is 18.0 Å². The Morgan fingerprint density at radius 1 is 1.15 bits per heavy atom. The molecule has 0 atom stereocenters. The molecule has 1 N–H and O–H groups in total. The topological polar surface area (TPSA) is 116 Å². The third kappa shape index (κ3) is 6.18. The Balaban J connectivity index is 1.26. The van der Waals surface area contributed by atoms with Crippen LogP contribution in [-0.2, 0) is 16.2 Å². The van der Waals surface area contributed by atoms with Gasteiger partial charge in [0.25, 0.3) is 11.1 Å². The van der Waals surface area contributed by atoms with Crippen LogP contribution in [0.15, 0.2) is 64.1 Å². The SMILES string of the molecule is COc1cc(/C=C2/SC(=O)N(CC(=O)Nc3ccc4c(c3)OCCO4)C2=O)cc(Br)c1OCc1ccccn1. The van der Waals surface area contributed by atoms with E-state index in [9.17, 15) is 14.4 Å². The molecule has 0 saturated carbocycles. The molecular formula is C27H22BrN3O7S. The summed E-state index contributed by atoms with van der Waals surface area (Å²) < 4.78 is 23.0. The number of nitrogens with zero attached hydrogens (tertiary/aromatic N) is 2. The lowest BCUT2D eigenvalue weighted by molar-refractivity contribution is -0.127. The molecule has 5 rings (SSSR count). The van der Waals surface area contributed by atoms with Gasteiger partial charge < -0.3 is 24.3 Å². The molecule has 1 fully saturated rings. The van der Waals surface area contributed by atoms with E-state index in [4.69, 9.17) is 18.9 Å². The number of fused-ring (bicyclic) bond motifs is 1. The first-order valence-electron chi connectivity index (χ1n) is 11.8. The summed E-state index contributed by atoms with van der Waals surface area (Å²) in [4.78, 5) is 43.5. The number of benzene rings is 2. The van der Waals surface area contributed by atoms with Gasteiger partial charge in [0.2, 0.25) is 5.91 Å². The number of carbonyl (C=O) groups is 3. The molecule has 1 saturated heterocycles. The molecule has 2 aromatic carbocycles. The van der Waals surface area contributed by atoms with Gasteiger partial charge in [-0.1, -0.05) is 6.07 Å². The van der Waals surface area contributed by atoms with Crippen molar-refractivity contribution >= 4 is 56.5 Å². The summed E-state index contributed by atoms with van der Waals surface area (Å²) in [5.74, 6) is 0.935. The molecule has 12 heteroatoms. The maximum atomic E-state index is 13.0. The van der Waals surface area contributed by atoms with Crippen LogP contribution >= 0.6 is 27.7 Å². The van der Waals surface area contributed by atoms with E-state index in [1.807, 2.05) is 18.2 Å². The van der Waals surface area contributed by atoms with Crippen molar-refractivity contribution in [3.63, 3.8) is 0 Å². The first-order chi connectivity index (χ1) is 18.9. The number of halogens is 1. The number of imide groups is 1. The molecule has 1 aromatic heterocycles. The number of thioether (sulfide) groups is 1. The van der Waals surface area contributed by atoms with Crippen molar-refractivity contribution in [2.75, 3.05) is 32.2 Å². The highest BCUT2D eigenvalue weighted by Gasteiger charge is 2.36. The molecule has 2 aliphatic heterocycles. The highest BCUT2D eigenvalue weighted by molar-refractivity contribution is 9.10. The van der Waals surface area contributed by atoms with Gasteiger partial charge in [-0.15, -0.1) is 0 Å². The van der Waals surface area contributed by atoms with Crippen LogP contribution in [0.1, 0.15) is 11.3 Å². The fourth-order valence-electron chi connectivity index (χ4n) is 3.85. The molecule has 10 nitrogen and oxygen atoms in total. The van der Waals surface area contributed by atoms with Crippen LogP contribution in [0.5, 0.6) is 23.0 Å². The number of aromatic nitrogens is 1. The quantitative estimate of drug-likeness (QED) is 0.356. The number of carbonyl (C=O) groups excluding carboxylic acids is 3. The Kier molecular flexibility index (Phi) is 8.03. The van der Waals surface area contributed by atoms with E-state index in [0.717, 1.165) is 22.4 Å². The first kappa shape index (κ1) is 26.6. The van der Waals surface area contributed by atoms with E-state index < -0.39 is 23.6 Å². The molecule has 0 spiro atoms. The van der Waals surface area contributed by atoms with Crippen LogP contribution in [0, 0.1) is 0 Å². The third-order valence-electron chi connectivity index (χ3n) is 5.64. The van der Waals surface area contributed by atoms with E-state index in [-0.39, 0.29) is 11.5 Å². The maximum Gasteiger partial charge on any atom is 0.294 e. The number of nitrogens with one attached hydrogen (secondary N) is 1. The summed E-state index contributed by atoms with van der Waals surface area (Å²) in [6.07, 6.45) is 3.25. The minimum atomic E-state index is -0.562. The molecular weight excluding hydrogens is 590 g/mol. The molecule has 0 unspecified atom stereocenters. The Labute approximate surface area is 236 Å². The largest absolute Gasteiger partial charge is 0.493 e. The molecule has 200 valence electrons. The maximum absolute atomic E-state index is 13.0. The first-order valence-corrected chi connectivity index (χ1v) is 13.4. The lowest BCUT2D eigenvalue weighted by Gasteiger charge is -2.19. The zero-order chi connectivity index (χ0) is 27.4. The van der Waals surface area contributed by atoms with Gasteiger partial charge in [-0.05, 0) is 75.7 Å². The second-order valence-corrected chi connectivity index (χ2v) is 10.2.